The van der Waals surface area contributed by atoms with Crippen molar-refractivity contribution in [2.45, 2.75) is 24.3 Å². The van der Waals surface area contributed by atoms with E-state index in [0.29, 0.717) is 31.0 Å². The highest BCUT2D eigenvalue weighted by molar-refractivity contribution is 7.89. The summed E-state index contributed by atoms with van der Waals surface area (Å²) in [6, 6.07) is 16.7. The molecule has 2 fully saturated rings. The second-order valence-corrected chi connectivity index (χ2v) is 10.7. The summed E-state index contributed by atoms with van der Waals surface area (Å²) in [6.07, 6.45) is 1.14. The van der Waals surface area contributed by atoms with Crippen molar-refractivity contribution < 1.29 is 18.1 Å². The molecule has 0 unspecified atom stereocenters. The zero-order chi connectivity index (χ0) is 21.8. The van der Waals surface area contributed by atoms with E-state index in [1.54, 1.807) is 12.1 Å². The molecular weight excluding hydrogens is 434 g/mol. The van der Waals surface area contributed by atoms with Gasteiger partial charge in [-0.15, -0.1) is 0 Å². The minimum absolute atomic E-state index is 0.0904. The van der Waals surface area contributed by atoms with Crippen molar-refractivity contribution in [3.8, 4) is 0 Å². The maximum Gasteiger partial charge on any atom is 0.243 e. The molecule has 2 aromatic carbocycles. The molecule has 1 N–H and O–H groups in total. The summed E-state index contributed by atoms with van der Waals surface area (Å²) in [5.74, 6) is 0.0923. The number of halogens is 1. The van der Waals surface area contributed by atoms with E-state index >= 15 is 0 Å². The fourth-order valence-electron chi connectivity index (χ4n) is 4.46. The van der Waals surface area contributed by atoms with Crippen LogP contribution in [0.3, 0.4) is 0 Å². The van der Waals surface area contributed by atoms with Gasteiger partial charge < -0.3 is 9.80 Å². The molecule has 31 heavy (non-hydrogen) atoms. The van der Waals surface area contributed by atoms with Gasteiger partial charge in [-0.1, -0.05) is 41.9 Å². The molecule has 6 nitrogen and oxygen atoms in total. The van der Waals surface area contributed by atoms with Gasteiger partial charge in [-0.3, -0.25) is 4.79 Å². The predicted molar refractivity (Wildman–Crippen MR) is 120 cm³/mol. The number of hydrogen-bond donors (Lipinski definition) is 1. The van der Waals surface area contributed by atoms with Crippen LogP contribution in [0.4, 0.5) is 0 Å². The van der Waals surface area contributed by atoms with E-state index in [-0.39, 0.29) is 16.7 Å². The molecule has 2 aliphatic heterocycles. The van der Waals surface area contributed by atoms with Crippen LogP contribution in [0.25, 0.3) is 0 Å². The Labute approximate surface area is 189 Å². The monoisotopic (exact) mass is 462 g/mol. The van der Waals surface area contributed by atoms with Gasteiger partial charge in [-0.05, 0) is 37.1 Å². The van der Waals surface area contributed by atoms with E-state index in [2.05, 4.69) is 24.3 Å². The van der Waals surface area contributed by atoms with Crippen LogP contribution in [0.2, 0.25) is 5.02 Å². The first-order valence-corrected chi connectivity index (χ1v) is 12.7. The lowest BCUT2D eigenvalue weighted by atomic mass is 9.96. The minimum atomic E-state index is -3.54. The SMILES string of the molecule is O=C(C1CCN(S(=O)(=O)c2ccc(Cl)cc2)CC1)N1CC[NH+](Cc2ccccc2)CC1. The van der Waals surface area contributed by atoms with Gasteiger partial charge in [0.15, 0.2) is 0 Å². The largest absolute Gasteiger partial charge is 0.331 e. The standard InChI is InChI=1S/C23H28ClN3O3S/c24-21-6-8-22(9-7-21)31(29,30)27-12-10-20(11-13-27)23(28)26-16-14-25(15-17-26)18-19-4-2-1-3-5-19/h1-9,20H,10-18H2/p+1. The van der Waals surface area contributed by atoms with Crippen LogP contribution in [-0.4, -0.2) is 62.8 Å². The van der Waals surface area contributed by atoms with E-state index in [4.69, 9.17) is 11.6 Å². The molecule has 1 amide bonds. The highest BCUT2D eigenvalue weighted by Gasteiger charge is 2.35. The summed E-state index contributed by atoms with van der Waals surface area (Å²) in [5.41, 5.74) is 1.33. The number of benzene rings is 2. The topological polar surface area (TPSA) is 62.1 Å². The molecule has 166 valence electrons. The van der Waals surface area contributed by atoms with Gasteiger partial charge in [0.1, 0.15) is 6.54 Å². The lowest BCUT2D eigenvalue weighted by Gasteiger charge is -2.36. The Morgan fingerprint density at radius 2 is 1.55 bits per heavy atom. The molecule has 8 heteroatoms. The number of quaternary nitrogens is 1. The molecule has 0 bridgehead atoms. The van der Waals surface area contributed by atoms with E-state index in [1.165, 1.54) is 26.9 Å². The molecule has 0 atom stereocenters. The van der Waals surface area contributed by atoms with E-state index in [1.807, 2.05) is 11.0 Å². The van der Waals surface area contributed by atoms with E-state index in [0.717, 1.165) is 32.7 Å². The molecule has 2 aromatic rings. The normalized spacial score (nSPS) is 19.5. The molecule has 0 saturated carbocycles. The number of nitrogens with one attached hydrogen (secondary N) is 1. The van der Waals surface area contributed by atoms with Crippen molar-refractivity contribution in [3.63, 3.8) is 0 Å². The number of carbonyl (C=O) groups excluding carboxylic acids is 1. The number of piperazine rings is 1. The second kappa shape index (κ2) is 9.69. The van der Waals surface area contributed by atoms with Crippen LogP contribution < -0.4 is 4.90 Å². The van der Waals surface area contributed by atoms with E-state index < -0.39 is 10.0 Å². The quantitative estimate of drug-likeness (QED) is 0.735. The van der Waals surface area contributed by atoms with Crippen LogP contribution in [0.1, 0.15) is 18.4 Å². The Balaban J connectivity index is 1.27. The Morgan fingerprint density at radius 3 is 2.16 bits per heavy atom. The summed E-state index contributed by atoms with van der Waals surface area (Å²) in [5, 5.41) is 0.508. The number of hydrogen-bond acceptors (Lipinski definition) is 3. The zero-order valence-electron chi connectivity index (χ0n) is 17.5. The third-order valence-electron chi connectivity index (χ3n) is 6.33. The first-order valence-electron chi connectivity index (χ1n) is 10.9. The molecule has 2 saturated heterocycles. The van der Waals surface area contributed by atoms with Gasteiger partial charge >= 0.3 is 0 Å². The average Bonchev–Trinajstić information content (AvgIpc) is 2.80. The third kappa shape index (κ3) is 5.29. The number of carbonyl (C=O) groups is 1. The molecule has 2 aliphatic rings. The van der Waals surface area contributed by atoms with Crippen molar-refractivity contribution in [2.75, 3.05) is 39.3 Å². The summed E-state index contributed by atoms with van der Waals surface area (Å²) >= 11 is 5.87. The zero-order valence-corrected chi connectivity index (χ0v) is 19.1. The van der Waals surface area contributed by atoms with Crippen LogP contribution in [-0.2, 0) is 21.4 Å². The lowest BCUT2D eigenvalue weighted by molar-refractivity contribution is -0.917. The smallest absolute Gasteiger partial charge is 0.243 e. The molecule has 0 aromatic heterocycles. The Morgan fingerprint density at radius 1 is 0.935 bits per heavy atom. The molecule has 0 radical (unpaired) electrons. The maximum atomic E-state index is 13.0. The Hall–Kier alpha value is -1.93. The van der Waals surface area contributed by atoms with Crippen LogP contribution in [0.15, 0.2) is 59.5 Å². The number of sulfonamides is 1. The lowest BCUT2D eigenvalue weighted by Crippen LogP contribution is -3.13. The Bertz CT molecular complexity index is 982. The molecule has 4 rings (SSSR count). The molecular formula is C23H29ClN3O3S+. The van der Waals surface area contributed by atoms with E-state index in [9.17, 15) is 13.2 Å². The first kappa shape index (κ1) is 22.3. The van der Waals surface area contributed by atoms with Crippen molar-refractivity contribution in [1.82, 2.24) is 9.21 Å². The second-order valence-electron chi connectivity index (χ2n) is 8.37. The van der Waals surface area contributed by atoms with Crippen LogP contribution in [0, 0.1) is 5.92 Å². The minimum Gasteiger partial charge on any atom is -0.331 e. The van der Waals surface area contributed by atoms with Crippen molar-refractivity contribution in [1.29, 1.82) is 0 Å². The first-order chi connectivity index (χ1) is 14.9. The van der Waals surface area contributed by atoms with Gasteiger partial charge in [0.05, 0.1) is 31.1 Å². The predicted octanol–water partition coefficient (Wildman–Crippen LogP) is 1.67. The molecule has 0 aliphatic carbocycles. The van der Waals surface area contributed by atoms with Gasteiger partial charge in [-0.2, -0.15) is 4.31 Å². The summed E-state index contributed by atoms with van der Waals surface area (Å²) in [7, 11) is -3.54. The summed E-state index contributed by atoms with van der Waals surface area (Å²) in [6.45, 7) is 5.18. The van der Waals surface area contributed by atoms with Crippen LogP contribution in [0.5, 0.6) is 0 Å². The average molecular weight is 463 g/mol. The van der Waals surface area contributed by atoms with Gasteiger partial charge in [0.2, 0.25) is 15.9 Å². The third-order valence-corrected chi connectivity index (χ3v) is 8.50. The number of amides is 1. The maximum absolute atomic E-state index is 13.0. The molecule has 2 heterocycles. The van der Waals surface area contributed by atoms with Crippen molar-refractivity contribution in [2.24, 2.45) is 5.92 Å². The van der Waals surface area contributed by atoms with Gasteiger partial charge in [-0.25, -0.2) is 8.42 Å². The number of rotatable bonds is 5. The number of nitrogens with zero attached hydrogens (tertiary/aromatic N) is 2. The van der Waals surface area contributed by atoms with Crippen molar-refractivity contribution in [3.05, 3.63) is 65.2 Å². The van der Waals surface area contributed by atoms with Gasteiger partial charge in [0, 0.05) is 29.6 Å². The highest BCUT2D eigenvalue weighted by atomic mass is 35.5. The van der Waals surface area contributed by atoms with Gasteiger partial charge in [0.25, 0.3) is 0 Å². The molecule has 0 spiro atoms. The fourth-order valence-corrected chi connectivity index (χ4v) is 6.06. The summed E-state index contributed by atoms with van der Waals surface area (Å²) < 4.78 is 27.2. The Kier molecular flexibility index (Phi) is 6.96. The van der Waals surface area contributed by atoms with Crippen molar-refractivity contribution >= 4 is 27.5 Å². The fraction of sp³-hybridized carbons (Fsp3) is 0.435. The number of piperidine rings is 1. The highest BCUT2D eigenvalue weighted by Crippen LogP contribution is 2.26. The summed E-state index contributed by atoms with van der Waals surface area (Å²) in [4.78, 5) is 16.7. The van der Waals surface area contributed by atoms with Crippen LogP contribution >= 0.6 is 11.6 Å².